The summed E-state index contributed by atoms with van der Waals surface area (Å²) in [6.45, 7) is -0.485. The third-order valence-electron chi connectivity index (χ3n) is 6.88. The molecule has 1 fully saturated rings. The molecule has 1 saturated carbocycles. The average molecular weight is 533 g/mol. The largest absolute Gasteiger partial charge is 0.482 e. The predicted molar refractivity (Wildman–Crippen MR) is 140 cm³/mol. The second kappa shape index (κ2) is 11.4. The fourth-order valence-electron chi connectivity index (χ4n) is 4.99. The molecular weight excluding hydrogens is 504 g/mol. The predicted octanol–water partition coefficient (Wildman–Crippen LogP) is 5.12. The van der Waals surface area contributed by atoms with Crippen LogP contribution in [0.4, 0.5) is 0 Å². The number of rotatable bonds is 10. The molecule has 1 aliphatic rings. The fourth-order valence-corrected chi connectivity index (χ4v) is 4.99. The Kier molecular flexibility index (Phi) is 7.62. The van der Waals surface area contributed by atoms with Crippen LogP contribution in [0.2, 0.25) is 0 Å². The third-order valence-corrected chi connectivity index (χ3v) is 6.88. The molecule has 2 N–H and O–H groups in total. The first-order valence-corrected chi connectivity index (χ1v) is 12.8. The van der Waals surface area contributed by atoms with Crippen LogP contribution >= 0.6 is 0 Å². The standard InChI is InChI=1S/C29H28N2O8/c32-26(33)17-38-22-9-6-18(7-10-22)14-25(28(34)35)39-29(36)19-8-11-24-23(15-19)30-27(20-12-13-37-16-20)31(24)21-4-2-1-3-5-21/h6-13,15-16,21,25H,1-5,14,17H2,(H,32,33)(H,34,35). The lowest BCUT2D eigenvalue weighted by molar-refractivity contribution is -0.147. The number of carboxylic acids is 2. The van der Waals surface area contributed by atoms with Crippen LogP contribution in [0, 0.1) is 0 Å². The molecule has 0 radical (unpaired) electrons. The summed E-state index contributed by atoms with van der Waals surface area (Å²) >= 11 is 0. The zero-order valence-corrected chi connectivity index (χ0v) is 21.1. The summed E-state index contributed by atoms with van der Waals surface area (Å²) in [5.41, 5.74) is 3.17. The molecule has 10 nitrogen and oxygen atoms in total. The van der Waals surface area contributed by atoms with Gasteiger partial charge in [-0.05, 0) is 54.8 Å². The molecule has 2 heterocycles. The first kappa shape index (κ1) is 26.0. The monoisotopic (exact) mass is 532 g/mol. The van der Waals surface area contributed by atoms with Gasteiger partial charge in [0.05, 0.1) is 28.4 Å². The fraction of sp³-hybridized carbons (Fsp3) is 0.310. The van der Waals surface area contributed by atoms with Gasteiger partial charge in [-0.3, -0.25) is 0 Å². The Hall–Kier alpha value is -4.60. The van der Waals surface area contributed by atoms with Crippen molar-refractivity contribution >= 4 is 28.9 Å². The highest BCUT2D eigenvalue weighted by molar-refractivity contribution is 5.95. The van der Waals surface area contributed by atoms with Crippen LogP contribution in [0.3, 0.4) is 0 Å². The van der Waals surface area contributed by atoms with E-state index < -0.39 is 30.6 Å². The van der Waals surface area contributed by atoms with Gasteiger partial charge in [0, 0.05) is 12.5 Å². The van der Waals surface area contributed by atoms with E-state index in [0.29, 0.717) is 22.9 Å². The van der Waals surface area contributed by atoms with Gasteiger partial charge in [-0.1, -0.05) is 31.4 Å². The molecule has 39 heavy (non-hydrogen) atoms. The molecule has 1 unspecified atom stereocenters. The molecule has 0 bridgehead atoms. The number of nitrogens with zero attached hydrogens (tertiary/aromatic N) is 2. The molecule has 0 amide bonds. The van der Waals surface area contributed by atoms with Crippen LogP contribution < -0.4 is 4.74 Å². The number of ether oxygens (including phenoxy) is 2. The van der Waals surface area contributed by atoms with Gasteiger partial charge in [0.1, 0.15) is 17.8 Å². The first-order chi connectivity index (χ1) is 18.9. The lowest BCUT2D eigenvalue weighted by Gasteiger charge is -2.25. The van der Waals surface area contributed by atoms with E-state index in [1.54, 1.807) is 36.8 Å². The number of hydrogen-bond acceptors (Lipinski definition) is 7. The quantitative estimate of drug-likeness (QED) is 0.266. The number of carboxylic acid groups (broad SMARTS) is 2. The Balaban J connectivity index is 1.35. The molecule has 4 aromatic rings. The number of benzene rings is 2. The van der Waals surface area contributed by atoms with E-state index in [1.165, 1.54) is 18.6 Å². The normalized spacial score (nSPS) is 14.7. The van der Waals surface area contributed by atoms with E-state index in [4.69, 9.17) is 24.0 Å². The molecule has 0 spiro atoms. The first-order valence-electron chi connectivity index (χ1n) is 12.8. The van der Waals surface area contributed by atoms with Crippen LogP contribution in [0.5, 0.6) is 5.75 Å². The van der Waals surface area contributed by atoms with Crippen molar-refractivity contribution in [3.05, 3.63) is 72.2 Å². The number of carbonyl (C=O) groups is 3. The number of hydrogen-bond donors (Lipinski definition) is 2. The van der Waals surface area contributed by atoms with Crippen LogP contribution in [0.1, 0.15) is 54.1 Å². The average Bonchev–Trinajstić information content (AvgIpc) is 3.60. The van der Waals surface area contributed by atoms with Crippen molar-refractivity contribution in [3.8, 4) is 17.1 Å². The Morgan fingerprint density at radius 2 is 1.79 bits per heavy atom. The van der Waals surface area contributed by atoms with E-state index in [1.807, 2.05) is 12.1 Å². The van der Waals surface area contributed by atoms with Gasteiger partial charge in [0.2, 0.25) is 6.10 Å². The smallest absolute Gasteiger partial charge is 0.345 e. The topological polar surface area (TPSA) is 141 Å². The number of furan rings is 1. The van der Waals surface area contributed by atoms with Crippen molar-refractivity contribution in [2.75, 3.05) is 6.61 Å². The maximum absolute atomic E-state index is 13.0. The molecule has 1 atom stereocenters. The zero-order valence-electron chi connectivity index (χ0n) is 21.1. The molecule has 5 rings (SSSR count). The summed E-state index contributed by atoms with van der Waals surface area (Å²) in [4.78, 5) is 40.4. The highest BCUT2D eigenvalue weighted by Gasteiger charge is 2.26. The maximum atomic E-state index is 13.0. The number of fused-ring (bicyclic) bond motifs is 1. The van der Waals surface area contributed by atoms with E-state index in [0.717, 1.165) is 42.6 Å². The number of imidazole rings is 1. The van der Waals surface area contributed by atoms with Crippen molar-refractivity contribution in [3.63, 3.8) is 0 Å². The molecule has 0 aliphatic heterocycles. The van der Waals surface area contributed by atoms with E-state index in [9.17, 15) is 19.5 Å². The van der Waals surface area contributed by atoms with Crippen LogP contribution in [0.15, 0.2) is 65.5 Å². The van der Waals surface area contributed by atoms with Crippen molar-refractivity contribution in [2.24, 2.45) is 0 Å². The number of carbonyl (C=O) groups excluding carboxylic acids is 1. The van der Waals surface area contributed by atoms with Crippen LogP contribution in [0.25, 0.3) is 22.4 Å². The lowest BCUT2D eigenvalue weighted by Crippen LogP contribution is -2.29. The SMILES string of the molecule is O=C(O)COc1ccc(CC(OC(=O)c2ccc3c(c2)nc(-c2ccoc2)n3C2CCCCC2)C(=O)O)cc1. The summed E-state index contributed by atoms with van der Waals surface area (Å²) in [7, 11) is 0. The molecular formula is C29H28N2O8. The highest BCUT2D eigenvalue weighted by Crippen LogP contribution is 2.36. The van der Waals surface area contributed by atoms with E-state index in [2.05, 4.69) is 4.57 Å². The zero-order chi connectivity index (χ0) is 27.4. The van der Waals surface area contributed by atoms with Gasteiger partial charge in [-0.25, -0.2) is 19.4 Å². The Labute approximate surface area is 223 Å². The molecule has 2 aromatic carbocycles. The second-order valence-corrected chi connectivity index (χ2v) is 9.58. The minimum Gasteiger partial charge on any atom is -0.482 e. The van der Waals surface area contributed by atoms with Gasteiger partial charge < -0.3 is 28.7 Å². The Morgan fingerprint density at radius 3 is 2.46 bits per heavy atom. The van der Waals surface area contributed by atoms with Gasteiger partial charge in [-0.2, -0.15) is 0 Å². The van der Waals surface area contributed by atoms with Crippen molar-refractivity contribution in [1.29, 1.82) is 0 Å². The van der Waals surface area contributed by atoms with Crippen molar-refractivity contribution < 1.29 is 38.5 Å². The molecule has 0 saturated heterocycles. The van der Waals surface area contributed by atoms with Gasteiger partial charge in [0.15, 0.2) is 6.61 Å². The minimum atomic E-state index is -1.42. The minimum absolute atomic E-state index is 0.0660. The summed E-state index contributed by atoms with van der Waals surface area (Å²) in [6, 6.07) is 13.5. The number of esters is 1. The van der Waals surface area contributed by atoms with Gasteiger partial charge >= 0.3 is 17.9 Å². The Morgan fingerprint density at radius 1 is 1.03 bits per heavy atom. The summed E-state index contributed by atoms with van der Waals surface area (Å²) in [5.74, 6) is -2.04. The third kappa shape index (κ3) is 5.95. The molecule has 2 aromatic heterocycles. The highest BCUT2D eigenvalue weighted by atomic mass is 16.6. The maximum Gasteiger partial charge on any atom is 0.345 e. The van der Waals surface area contributed by atoms with Gasteiger partial charge in [-0.15, -0.1) is 0 Å². The summed E-state index contributed by atoms with van der Waals surface area (Å²) in [5, 5.41) is 18.4. The van der Waals surface area contributed by atoms with Crippen molar-refractivity contribution in [1.82, 2.24) is 9.55 Å². The number of aromatic nitrogens is 2. The Bertz CT molecular complexity index is 1470. The van der Waals surface area contributed by atoms with E-state index in [-0.39, 0.29) is 12.0 Å². The lowest BCUT2D eigenvalue weighted by atomic mass is 9.95. The number of aliphatic carboxylic acids is 2. The van der Waals surface area contributed by atoms with E-state index >= 15 is 0 Å². The second-order valence-electron chi connectivity index (χ2n) is 9.58. The molecule has 1 aliphatic carbocycles. The van der Waals surface area contributed by atoms with Crippen LogP contribution in [-0.4, -0.2) is 50.4 Å². The summed E-state index contributed by atoms with van der Waals surface area (Å²) in [6.07, 6.45) is 7.38. The van der Waals surface area contributed by atoms with Gasteiger partial charge in [0.25, 0.3) is 0 Å². The van der Waals surface area contributed by atoms with Crippen LogP contribution in [-0.2, 0) is 20.7 Å². The van der Waals surface area contributed by atoms with Crippen molar-refractivity contribution in [2.45, 2.75) is 50.7 Å². The molecule has 10 heteroatoms. The molecule has 202 valence electrons. The summed E-state index contributed by atoms with van der Waals surface area (Å²) < 4.78 is 18.0.